The molecule has 0 radical (unpaired) electrons. The number of halogens is 3. The summed E-state index contributed by atoms with van der Waals surface area (Å²) in [4.78, 5) is 50.6. The number of hydrogen-bond acceptors (Lipinski definition) is 8. The van der Waals surface area contributed by atoms with Crippen LogP contribution in [0.5, 0.6) is 0 Å². The Kier molecular flexibility index (Phi) is 9.04. The molecule has 0 spiro atoms. The quantitative estimate of drug-likeness (QED) is 0.141. The van der Waals surface area contributed by atoms with Crippen LogP contribution in [0.2, 0.25) is 0 Å². The number of anilines is 4. The number of imidazole rings is 1. The fourth-order valence-corrected chi connectivity index (χ4v) is 5.11. The number of nitrogens with one attached hydrogen (secondary N) is 3. The van der Waals surface area contributed by atoms with Crippen LogP contribution >= 0.6 is 0 Å². The first-order chi connectivity index (χ1) is 23.8. The summed E-state index contributed by atoms with van der Waals surface area (Å²) in [6.45, 7) is 4.90. The lowest BCUT2D eigenvalue weighted by molar-refractivity contribution is -0.142. The van der Waals surface area contributed by atoms with E-state index in [0.29, 0.717) is 39.5 Å². The Morgan fingerprint density at radius 2 is 1.72 bits per heavy atom. The highest BCUT2D eigenvalue weighted by molar-refractivity contribution is 6.06. The van der Waals surface area contributed by atoms with E-state index in [-0.39, 0.29) is 23.5 Å². The number of carbonyl (C=O) groups excluding carboxylic acids is 3. The van der Waals surface area contributed by atoms with Crippen molar-refractivity contribution in [3.63, 3.8) is 0 Å². The summed E-state index contributed by atoms with van der Waals surface area (Å²) >= 11 is 0. The normalized spacial score (nSPS) is 11.3. The van der Waals surface area contributed by atoms with E-state index in [1.165, 1.54) is 47.0 Å². The monoisotopic (exact) mass is 682 g/mol. The second-order valence-corrected chi connectivity index (χ2v) is 11.4. The molecule has 0 aliphatic carbocycles. The van der Waals surface area contributed by atoms with Gasteiger partial charge in [-0.2, -0.15) is 13.2 Å². The number of carbonyl (C=O) groups is 3. The highest BCUT2D eigenvalue weighted by atomic mass is 19.4. The predicted molar refractivity (Wildman–Crippen MR) is 180 cm³/mol. The van der Waals surface area contributed by atoms with Crippen LogP contribution in [0.25, 0.3) is 16.7 Å². The summed E-state index contributed by atoms with van der Waals surface area (Å²) in [5, 5.41) is 9.20. The number of aromatic nitrogens is 5. The van der Waals surface area contributed by atoms with E-state index in [1.807, 2.05) is 18.2 Å². The number of hydrogen-bond donors (Lipinski definition) is 3. The van der Waals surface area contributed by atoms with E-state index in [2.05, 4.69) is 30.9 Å². The lowest BCUT2D eigenvalue weighted by atomic mass is 10.1. The molecule has 0 bridgehead atoms. The van der Waals surface area contributed by atoms with Gasteiger partial charge in [-0.25, -0.2) is 19.7 Å². The molecule has 0 unspecified atom stereocenters. The Labute approximate surface area is 283 Å². The highest BCUT2D eigenvalue weighted by Gasteiger charge is 2.32. The van der Waals surface area contributed by atoms with Gasteiger partial charge in [0.1, 0.15) is 18.8 Å². The average molecular weight is 683 g/mol. The number of nitrogens with zero attached hydrogens (tertiary/aromatic N) is 5. The van der Waals surface area contributed by atoms with Gasteiger partial charge in [0.05, 0.1) is 23.0 Å². The van der Waals surface area contributed by atoms with Gasteiger partial charge in [0, 0.05) is 47.6 Å². The summed E-state index contributed by atoms with van der Waals surface area (Å²) < 4.78 is 49.0. The third-order valence-electron chi connectivity index (χ3n) is 7.59. The first-order valence-electron chi connectivity index (χ1n) is 15.1. The highest BCUT2D eigenvalue weighted by Crippen LogP contribution is 2.32. The molecule has 15 heteroatoms. The molecule has 50 heavy (non-hydrogen) atoms. The number of fused-ring (bicyclic) bond motifs is 1. The Bertz CT molecular complexity index is 2260. The molecular formula is C35H29F3N8O4. The van der Waals surface area contributed by atoms with Crippen LogP contribution in [-0.4, -0.2) is 42.0 Å². The Morgan fingerprint density at radius 1 is 0.900 bits per heavy atom. The van der Waals surface area contributed by atoms with E-state index < -0.39 is 29.6 Å². The van der Waals surface area contributed by atoms with E-state index in [9.17, 15) is 27.6 Å². The number of amides is 2. The fraction of sp³-hybridized carbons (Fsp3) is 0.143. The van der Waals surface area contributed by atoms with Gasteiger partial charge in [-0.3, -0.25) is 14.2 Å². The standard InChI is InChI=1S/C35H29F3N8O4/c1-20-7-8-27(43-33(48)24-12-25(35(36,37)38)14-28(13-24)45-16-21(2)41-19-45)15-30(20)44-34(49)46-10-9-29-31(39-18-40-32(29)46)42-26-6-4-5-23(11-26)17-50-22(3)47/h4-16,18-19H,17H2,1-3H3,(H,43,48)(H,44,49)(H,39,40,42). The van der Waals surface area contributed by atoms with E-state index in [1.54, 1.807) is 44.3 Å². The summed E-state index contributed by atoms with van der Waals surface area (Å²) in [5.41, 5.74) is 2.53. The zero-order chi connectivity index (χ0) is 35.6. The molecule has 3 aromatic heterocycles. The lowest BCUT2D eigenvalue weighted by Gasteiger charge is -2.14. The molecule has 6 aromatic rings. The summed E-state index contributed by atoms with van der Waals surface area (Å²) in [7, 11) is 0. The maximum atomic E-state index is 13.8. The van der Waals surface area contributed by atoms with Crippen LogP contribution in [0.3, 0.4) is 0 Å². The van der Waals surface area contributed by atoms with Crippen molar-refractivity contribution in [3.05, 3.63) is 120 Å². The Morgan fingerprint density at radius 3 is 2.46 bits per heavy atom. The first-order valence-corrected chi connectivity index (χ1v) is 15.1. The molecule has 0 aliphatic heterocycles. The first kappa shape index (κ1) is 33.4. The molecule has 6 rings (SSSR count). The molecule has 0 atom stereocenters. The number of rotatable bonds is 8. The smallest absolute Gasteiger partial charge is 0.416 e. The largest absolute Gasteiger partial charge is 0.461 e. The van der Waals surface area contributed by atoms with Crippen LogP contribution in [0.15, 0.2) is 91.8 Å². The van der Waals surface area contributed by atoms with Crippen molar-refractivity contribution in [2.24, 2.45) is 0 Å². The lowest BCUT2D eigenvalue weighted by Crippen LogP contribution is -2.20. The van der Waals surface area contributed by atoms with Crippen molar-refractivity contribution in [3.8, 4) is 5.69 Å². The van der Waals surface area contributed by atoms with E-state index in [0.717, 1.165) is 17.7 Å². The van der Waals surface area contributed by atoms with Crippen molar-refractivity contribution >= 4 is 51.8 Å². The minimum atomic E-state index is -4.69. The second-order valence-electron chi connectivity index (χ2n) is 11.4. The molecule has 0 saturated carbocycles. The van der Waals surface area contributed by atoms with Crippen LogP contribution in [0.4, 0.5) is 40.8 Å². The van der Waals surface area contributed by atoms with Gasteiger partial charge < -0.3 is 25.3 Å². The molecule has 3 aromatic carbocycles. The molecule has 3 N–H and O–H groups in total. The van der Waals surface area contributed by atoms with Gasteiger partial charge in [-0.15, -0.1) is 0 Å². The number of benzene rings is 3. The topological polar surface area (TPSA) is 145 Å². The minimum absolute atomic E-state index is 0.114. The van der Waals surface area contributed by atoms with Crippen molar-refractivity contribution < 1.29 is 32.3 Å². The molecule has 12 nitrogen and oxygen atoms in total. The zero-order valence-corrected chi connectivity index (χ0v) is 26.9. The minimum Gasteiger partial charge on any atom is -0.461 e. The predicted octanol–water partition coefficient (Wildman–Crippen LogP) is 7.39. The van der Waals surface area contributed by atoms with Crippen LogP contribution in [0, 0.1) is 13.8 Å². The van der Waals surface area contributed by atoms with Gasteiger partial charge in [-0.05, 0) is 73.5 Å². The van der Waals surface area contributed by atoms with E-state index in [4.69, 9.17) is 4.74 Å². The van der Waals surface area contributed by atoms with Crippen molar-refractivity contribution in [1.82, 2.24) is 24.1 Å². The molecule has 254 valence electrons. The third-order valence-corrected chi connectivity index (χ3v) is 7.59. The van der Waals surface area contributed by atoms with E-state index >= 15 is 0 Å². The molecular weight excluding hydrogens is 653 g/mol. The fourth-order valence-electron chi connectivity index (χ4n) is 5.11. The van der Waals surface area contributed by atoms with Gasteiger partial charge in [-0.1, -0.05) is 18.2 Å². The van der Waals surface area contributed by atoms with Crippen molar-refractivity contribution in [1.29, 1.82) is 0 Å². The maximum absolute atomic E-state index is 13.8. The molecule has 0 fully saturated rings. The number of alkyl halides is 3. The summed E-state index contributed by atoms with van der Waals surface area (Å²) in [5.74, 6) is -0.730. The maximum Gasteiger partial charge on any atom is 0.416 e. The number of ether oxygens (including phenoxy) is 1. The SMILES string of the molecule is CC(=O)OCc1cccc(Nc2ncnc3c2ccn3C(=O)Nc2cc(NC(=O)c3cc(-n4cnc(C)c4)cc(C(F)(F)F)c3)ccc2C)c1. The summed E-state index contributed by atoms with van der Waals surface area (Å²) in [6, 6.07) is 16.2. The Balaban J connectivity index is 1.20. The molecule has 3 heterocycles. The van der Waals surface area contributed by atoms with Gasteiger partial charge in [0.15, 0.2) is 5.65 Å². The number of esters is 1. The van der Waals surface area contributed by atoms with Crippen molar-refractivity contribution in [2.45, 2.75) is 33.6 Å². The van der Waals surface area contributed by atoms with Crippen LogP contribution in [-0.2, 0) is 22.3 Å². The average Bonchev–Trinajstić information content (AvgIpc) is 3.72. The Hall–Kier alpha value is -6.51. The number of aryl methyl sites for hydroxylation is 2. The third kappa shape index (κ3) is 7.46. The van der Waals surface area contributed by atoms with Gasteiger partial charge >= 0.3 is 18.2 Å². The summed E-state index contributed by atoms with van der Waals surface area (Å²) in [6.07, 6.45) is 1.07. The molecule has 2 amide bonds. The van der Waals surface area contributed by atoms with Crippen LogP contribution < -0.4 is 16.0 Å². The van der Waals surface area contributed by atoms with Gasteiger partial charge in [0.25, 0.3) is 5.91 Å². The zero-order valence-electron chi connectivity index (χ0n) is 26.9. The van der Waals surface area contributed by atoms with Crippen molar-refractivity contribution in [2.75, 3.05) is 16.0 Å². The molecule has 0 aliphatic rings. The van der Waals surface area contributed by atoms with Gasteiger partial charge in [0.2, 0.25) is 0 Å². The molecule has 0 saturated heterocycles. The van der Waals surface area contributed by atoms with Crippen LogP contribution in [0.1, 0.15) is 39.7 Å². The second kappa shape index (κ2) is 13.5.